The Morgan fingerprint density at radius 1 is 1.57 bits per heavy atom. The lowest BCUT2D eigenvalue weighted by Crippen LogP contribution is -2.52. The lowest BCUT2D eigenvalue weighted by atomic mass is 9.78. The fraction of sp³-hybridized carbons (Fsp3) is 0.800. The second-order valence-corrected chi connectivity index (χ2v) is 4.61. The molecule has 0 aromatic carbocycles. The van der Waals surface area contributed by atoms with Gasteiger partial charge in [-0.2, -0.15) is 0 Å². The van der Waals surface area contributed by atoms with Crippen molar-refractivity contribution in [3.63, 3.8) is 0 Å². The van der Waals surface area contributed by atoms with E-state index in [0.717, 1.165) is 12.8 Å². The van der Waals surface area contributed by atoms with Crippen molar-refractivity contribution in [2.75, 3.05) is 6.54 Å². The molecule has 1 aliphatic carbocycles. The minimum Gasteiger partial charge on any atom is -0.355 e. The number of carbonyl (C=O) groups excluding carboxylic acids is 2. The molecule has 1 saturated heterocycles. The van der Waals surface area contributed by atoms with E-state index in [1.54, 1.807) is 0 Å². The molecule has 4 heteroatoms. The first-order valence-corrected chi connectivity index (χ1v) is 5.18. The zero-order chi connectivity index (χ0) is 10.2. The monoisotopic (exact) mass is 196 g/mol. The second kappa shape index (κ2) is 3.26. The van der Waals surface area contributed by atoms with E-state index >= 15 is 0 Å². The molecule has 2 N–H and O–H groups in total. The van der Waals surface area contributed by atoms with Gasteiger partial charge in [0.15, 0.2) is 0 Å². The molecule has 0 aromatic heterocycles. The van der Waals surface area contributed by atoms with Crippen LogP contribution in [0.15, 0.2) is 0 Å². The lowest BCUT2D eigenvalue weighted by Gasteiger charge is -2.39. The molecule has 14 heavy (non-hydrogen) atoms. The van der Waals surface area contributed by atoms with Gasteiger partial charge in [-0.1, -0.05) is 0 Å². The fourth-order valence-corrected chi connectivity index (χ4v) is 2.02. The zero-order valence-corrected chi connectivity index (χ0v) is 8.43. The molecule has 1 saturated carbocycles. The Bertz CT molecular complexity index is 271. The zero-order valence-electron chi connectivity index (χ0n) is 8.43. The Kier molecular flexibility index (Phi) is 2.21. The standard InChI is InChI=1S/C10H16N2O2/c1-10(3-2-4-10)12-9(14)7-5-8(13)11-6-7/h7H,2-6H2,1H3,(H,11,13)(H,12,14). The number of rotatable bonds is 2. The third-order valence-electron chi connectivity index (χ3n) is 3.23. The van der Waals surface area contributed by atoms with Crippen LogP contribution in [0.3, 0.4) is 0 Å². The summed E-state index contributed by atoms with van der Waals surface area (Å²) in [5.74, 6) is -0.130. The Morgan fingerprint density at radius 2 is 2.29 bits per heavy atom. The molecule has 1 unspecified atom stereocenters. The van der Waals surface area contributed by atoms with Crippen LogP contribution in [-0.4, -0.2) is 23.9 Å². The van der Waals surface area contributed by atoms with E-state index in [1.165, 1.54) is 6.42 Å². The van der Waals surface area contributed by atoms with Crippen LogP contribution in [0.1, 0.15) is 32.6 Å². The van der Waals surface area contributed by atoms with Gasteiger partial charge in [0, 0.05) is 18.5 Å². The maximum Gasteiger partial charge on any atom is 0.225 e. The highest BCUT2D eigenvalue weighted by Crippen LogP contribution is 2.31. The van der Waals surface area contributed by atoms with Crippen molar-refractivity contribution in [3.05, 3.63) is 0 Å². The fourth-order valence-electron chi connectivity index (χ4n) is 2.02. The van der Waals surface area contributed by atoms with Gasteiger partial charge in [0.25, 0.3) is 0 Å². The number of amides is 2. The van der Waals surface area contributed by atoms with Crippen LogP contribution in [0.4, 0.5) is 0 Å². The summed E-state index contributed by atoms with van der Waals surface area (Å²) in [7, 11) is 0. The quantitative estimate of drug-likeness (QED) is 0.662. The van der Waals surface area contributed by atoms with Crippen LogP contribution in [0, 0.1) is 5.92 Å². The van der Waals surface area contributed by atoms with Crippen molar-refractivity contribution in [2.45, 2.75) is 38.1 Å². The van der Waals surface area contributed by atoms with Crippen molar-refractivity contribution in [2.24, 2.45) is 5.92 Å². The summed E-state index contributed by atoms with van der Waals surface area (Å²) in [5, 5.41) is 5.70. The van der Waals surface area contributed by atoms with Crippen LogP contribution < -0.4 is 10.6 Å². The third kappa shape index (κ3) is 1.74. The van der Waals surface area contributed by atoms with Gasteiger partial charge in [-0.3, -0.25) is 9.59 Å². The van der Waals surface area contributed by atoms with E-state index in [-0.39, 0.29) is 23.3 Å². The Labute approximate surface area is 83.4 Å². The smallest absolute Gasteiger partial charge is 0.225 e. The molecule has 2 amide bonds. The predicted octanol–water partition coefficient (Wildman–Crippen LogP) is 0.181. The van der Waals surface area contributed by atoms with Gasteiger partial charge in [-0.05, 0) is 26.2 Å². The second-order valence-electron chi connectivity index (χ2n) is 4.61. The van der Waals surface area contributed by atoms with Crippen molar-refractivity contribution in [1.82, 2.24) is 10.6 Å². The van der Waals surface area contributed by atoms with Gasteiger partial charge in [0.05, 0.1) is 5.92 Å². The molecule has 2 aliphatic rings. The summed E-state index contributed by atoms with van der Waals surface area (Å²) in [4.78, 5) is 22.6. The van der Waals surface area contributed by atoms with Gasteiger partial charge in [0.1, 0.15) is 0 Å². The van der Waals surface area contributed by atoms with Crippen LogP contribution in [0.2, 0.25) is 0 Å². The first-order chi connectivity index (χ1) is 6.59. The van der Waals surface area contributed by atoms with Crippen LogP contribution in [-0.2, 0) is 9.59 Å². The molecular formula is C10H16N2O2. The van der Waals surface area contributed by atoms with Gasteiger partial charge < -0.3 is 10.6 Å². The first-order valence-electron chi connectivity index (χ1n) is 5.18. The number of hydrogen-bond acceptors (Lipinski definition) is 2. The molecule has 0 bridgehead atoms. The number of carbonyl (C=O) groups is 2. The summed E-state index contributed by atoms with van der Waals surface area (Å²) in [5.41, 5.74) is 0.00270. The molecular weight excluding hydrogens is 180 g/mol. The average Bonchev–Trinajstić information content (AvgIpc) is 2.49. The van der Waals surface area contributed by atoms with Crippen molar-refractivity contribution >= 4 is 11.8 Å². The Balaban J connectivity index is 1.86. The summed E-state index contributed by atoms with van der Waals surface area (Å²) in [6.07, 6.45) is 3.67. The van der Waals surface area contributed by atoms with Crippen molar-refractivity contribution < 1.29 is 9.59 Å². The average molecular weight is 196 g/mol. The largest absolute Gasteiger partial charge is 0.355 e. The summed E-state index contributed by atoms with van der Waals surface area (Å²) in [6, 6.07) is 0. The maximum atomic E-state index is 11.7. The molecule has 1 aliphatic heterocycles. The van der Waals surface area contributed by atoms with Crippen molar-refractivity contribution in [1.29, 1.82) is 0 Å². The van der Waals surface area contributed by atoms with E-state index in [4.69, 9.17) is 0 Å². The van der Waals surface area contributed by atoms with E-state index in [1.807, 2.05) is 0 Å². The van der Waals surface area contributed by atoms with Crippen LogP contribution in [0.25, 0.3) is 0 Å². The Morgan fingerprint density at radius 3 is 2.71 bits per heavy atom. The molecule has 0 radical (unpaired) electrons. The van der Waals surface area contributed by atoms with E-state index in [9.17, 15) is 9.59 Å². The molecule has 78 valence electrons. The molecule has 4 nitrogen and oxygen atoms in total. The highest BCUT2D eigenvalue weighted by molar-refractivity contribution is 5.89. The van der Waals surface area contributed by atoms with Crippen molar-refractivity contribution in [3.8, 4) is 0 Å². The third-order valence-corrected chi connectivity index (χ3v) is 3.23. The summed E-state index contributed by atoms with van der Waals surface area (Å²) < 4.78 is 0. The number of nitrogens with one attached hydrogen (secondary N) is 2. The van der Waals surface area contributed by atoms with Crippen LogP contribution in [0.5, 0.6) is 0 Å². The summed E-state index contributed by atoms with van der Waals surface area (Å²) >= 11 is 0. The van der Waals surface area contributed by atoms with E-state index in [2.05, 4.69) is 17.6 Å². The minimum atomic E-state index is -0.153. The molecule has 1 atom stereocenters. The predicted molar refractivity (Wildman–Crippen MR) is 51.5 cm³/mol. The SMILES string of the molecule is CC1(NC(=O)C2CNC(=O)C2)CCC1. The topological polar surface area (TPSA) is 58.2 Å². The normalized spacial score (nSPS) is 29.2. The molecule has 1 heterocycles. The van der Waals surface area contributed by atoms with E-state index < -0.39 is 0 Å². The highest BCUT2D eigenvalue weighted by Gasteiger charge is 2.36. The molecule has 0 aromatic rings. The first kappa shape index (κ1) is 9.49. The maximum absolute atomic E-state index is 11.7. The molecule has 0 spiro atoms. The number of hydrogen-bond donors (Lipinski definition) is 2. The van der Waals surface area contributed by atoms with Gasteiger partial charge in [0.2, 0.25) is 11.8 Å². The lowest BCUT2D eigenvalue weighted by molar-refractivity contribution is -0.128. The van der Waals surface area contributed by atoms with Gasteiger partial charge >= 0.3 is 0 Å². The summed E-state index contributed by atoms with van der Waals surface area (Å²) in [6.45, 7) is 2.57. The van der Waals surface area contributed by atoms with Gasteiger partial charge in [-0.15, -0.1) is 0 Å². The Hall–Kier alpha value is -1.06. The van der Waals surface area contributed by atoms with Gasteiger partial charge in [-0.25, -0.2) is 0 Å². The highest BCUT2D eigenvalue weighted by atomic mass is 16.2. The molecule has 2 fully saturated rings. The van der Waals surface area contributed by atoms with E-state index in [0.29, 0.717) is 13.0 Å². The molecule has 2 rings (SSSR count). The minimum absolute atomic E-state index is 0.00270. The van der Waals surface area contributed by atoms with Crippen LogP contribution >= 0.6 is 0 Å².